The van der Waals surface area contributed by atoms with Crippen molar-refractivity contribution in [3.8, 4) is 0 Å². The van der Waals surface area contributed by atoms with E-state index in [1.807, 2.05) is 0 Å². The SMILES string of the molecule is [B]C1([B])CC1(C)C(C)(C)C. The van der Waals surface area contributed by atoms with Gasteiger partial charge in [0.05, 0.1) is 15.7 Å². The molecule has 0 heterocycles. The molecule has 1 aliphatic rings. The van der Waals surface area contributed by atoms with Crippen LogP contribution in [-0.2, 0) is 0 Å². The summed E-state index contributed by atoms with van der Waals surface area (Å²) >= 11 is 0. The monoisotopic (exact) mass is 132 g/mol. The molecule has 0 aromatic carbocycles. The summed E-state index contributed by atoms with van der Waals surface area (Å²) in [5, 5.41) is -0.411. The van der Waals surface area contributed by atoms with Crippen LogP contribution in [0.1, 0.15) is 34.1 Å². The lowest BCUT2D eigenvalue weighted by Crippen LogP contribution is -2.23. The van der Waals surface area contributed by atoms with Crippen LogP contribution >= 0.6 is 0 Å². The third-order valence-corrected chi connectivity index (χ3v) is 3.20. The van der Waals surface area contributed by atoms with E-state index in [9.17, 15) is 0 Å². The van der Waals surface area contributed by atoms with Crippen LogP contribution in [0.3, 0.4) is 0 Å². The Bertz CT molecular complexity index is 155. The summed E-state index contributed by atoms with van der Waals surface area (Å²) in [5.41, 5.74) is 0.372. The van der Waals surface area contributed by atoms with Gasteiger partial charge in [-0.15, -0.1) is 0 Å². The average molecular weight is 132 g/mol. The van der Waals surface area contributed by atoms with Gasteiger partial charge in [0.1, 0.15) is 0 Å². The second-order valence-corrected chi connectivity index (χ2v) is 4.80. The molecule has 1 unspecified atom stereocenters. The Morgan fingerprint density at radius 3 is 1.50 bits per heavy atom. The van der Waals surface area contributed by atoms with Crippen LogP contribution in [-0.4, -0.2) is 15.7 Å². The summed E-state index contributed by atoms with van der Waals surface area (Å²) in [5.74, 6) is 0. The summed E-state index contributed by atoms with van der Waals surface area (Å²) in [6.07, 6.45) is 0.948. The van der Waals surface area contributed by atoms with Gasteiger partial charge in [-0.25, -0.2) is 0 Å². The molecule has 1 saturated carbocycles. The second kappa shape index (κ2) is 1.65. The topological polar surface area (TPSA) is 0 Å². The van der Waals surface area contributed by atoms with Gasteiger partial charge in [0.2, 0.25) is 0 Å². The smallest absolute Gasteiger partial charge is 0.0628 e. The van der Waals surface area contributed by atoms with Gasteiger partial charge < -0.3 is 0 Å². The molecule has 0 aromatic rings. The highest BCUT2D eigenvalue weighted by molar-refractivity contribution is 6.43. The molecule has 52 valence electrons. The van der Waals surface area contributed by atoms with Gasteiger partial charge in [-0.2, -0.15) is 0 Å². The summed E-state index contributed by atoms with van der Waals surface area (Å²) < 4.78 is 0. The predicted octanol–water partition coefficient (Wildman–Crippen LogP) is 1.90. The van der Waals surface area contributed by atoms with Crippen molar-refractivity contribution in [2.24, 2.45) is 10.8 Å². The third kappa shape index (κ3) is 0.844. The van der Waals surface area contributed by atoms with E-state index in [4.69, 9.17) is 15.7 Å². The first kappa shape index (κ1) is 8.23. The van der Waals surface area contributed by atoms with E-state index in [2.05, 4.69) is 27.7 Å². The first-order valence-electron chi connectivity index (χ1n) is 3.78. The number of hydrogen-bond acceptors (Lipinski definition) is 0. The number of hydrogen-bond donors (Lipinski definition) is 0. The Morgan fingerprint density at radius 2 is 1.50 bits per heavy atom. The minimum Gasteiger partial charge on any atom is -0.0929 e. The maximum Gasteiger partial charge on any atom is 0.0628 e. The molecule has 4 radical (unpaired) electrons. The minimum absolute atomic E-state index is 0.139. The van der Waals surface area contributed by atoms with Gasteiger partial charge in [0, 0.05) is 0 Å². The molecule has 0 amide bonds. The molecular formula is C8H14B2. The Kier molecular flexibility index (Phi) is 1.36. The quantitative estimate of drug-likeness (QED) is 0.441. The van der Waals surface area contributed by atoms with Crippen molar-refractivity contribution in [1.29, 1.82) is 0 Å². The molecule has 1 rings (SSSR count). The van der Waals surface area contributed by atoms with Crippen molar-refractivity contribution in [1.82, 2.24) is 0 Å². The van der Waals surface area contributed by atoms with Crippen LogP contribution in [0, 0.1) is 10.8 Å². The number of rotatable bonds is 0. The van der Waals surface area contributed by atoms with Crippen LogP contribution in [0.15, 0.2) is 0 Å². The maximum atomic E-state index is 5.81. The summed E-state index contributed by atoms with van der Waals surface area (Å²) in [4.78, 5) is 0. The molecule has 0 bridgehead atoms. The maximum absolute atomic E-state index is 5.81. The van der Waals surface area contributed by atoms with E-state index in [0.717, 1.165) is 6.42 Å². The van der Waals surface area contributed by atoms with E-state index >= 15 is 0 Å². The molecule has 10 heavy (non-hydrogen) atoms. The van der Waals surface area contributed by atoms with Crippen LogP contribution in [0.2, 0.25) is 5.21 Å². The predicted molar refractivity (Wildman–Crippen MR) is 46.4 cm³/mol. The molecule has 0 spiro atoms. The fourth-order valence-corrected chi connectivity index (χ4v) is 1.50. The van der Waals surface area contributed by atoms with Crippen LogP contribution in [0.25, 0.3) is 0 Å². The van der Waals surface area contributed by atoms with E-state index in [0.29, 0.717) is 0 Å². The third-order valence-electron chi connectivity index (χ3n) is 3.20. The van der Waals surface area contributed by atoms with Crippen molar-refractivity contribution in [2.75, 3.05) is 0 Å². The molecule has 0 aromatic heterocycles. The van der Waals surface area contributed by atoms with Gasteiger partial charge in [0.25, 0.3) is 0 Å². The zero-order valence-electron chi connectivity index (χ0n) is 7.36. The zero-order chi connectivity index (χ0) is 8.21. The molecule has 0 nitrogen and oxygen atoms in total. The summed E-state index contributed by atoms with van der Waals surface area (Å²) in [6, 6.07) is 0. The van der Waals surface area contributed by atoms with Crippen molar-refractivity contribution < 1.29 is 0 Å². The Labute approximate surface area is 66.6 Å². The standard InChI is InChI=1S/C8H14B2/c1-6(2,3)7(4)5-8(7,9)10/h5H2,1-4H3. The molecule has 2 heteroatoms. The fraction of sp³-hybridized carbons (Fsp3) is 1.00. The van der Waals surface area contributed by atoms with Gasteiger partial charge in [-0.1, -0.05) is 39.3 Å². The molecule has 1 fully saturated rings. The zero-order valence-corrected chi connectivity index (χ0v) is 7.36. The van der Waals surface area contributed by atoms with Crippen LogP contribution in [0.4, 0.5) is 0 Å². The highest BCUT2D eigenvalue weighted by Gasteiger charge is 2.61. The minimum atomic E-state index is -0.411. The van der Waals surface area contributed by atoms with Crippen molar-refractivity contribution in [2.45, 2.75) is 39.3 Å². The van der Waals surface area contributed by atoms with Gasteiger partial charge in [-0.05, 0) is 10.8 Å². The summed E-state index contributed by atoms with van der Waals surface area (Å²) in [6.45, 7) is 8.73. The molecule has 1 aliphatic carbocycles. The molecule has 0 aliphatic heterocycles. The highest BCUT2D eigenvalue weighted by atomic mass is 14.6. The lowest BCUT2D eigenvalue weighted by atomic mass is 9.57. The highest BCUT2D eigenvalue weighted by Crippen LogP contribution is 2.73. The second-order valence-electron chi connectivity index (χ2n) is 4.80. The fourth-order valence-electron chi connectivity index (χ4n) is 1.50. The van der Waals surface area contributed by atoms with Crippen LogP contribution < -0.4 is 0 Å². The molecule has 1 atom stereocenters. The van der Waals surface area contributed by atoms with Crippen molar-refractivity contribution in [3.63, 3.8) is 0 Å². The molecule has 0 saturated heterocycles. The van der Waals surface area contributed by atoms with E-state index < -0.39 is 5.21 Å². The normalized spacial score (nSPS) is 37.6. The van der Waals surface area contributed by atoms with E-state index in [-0.39, 0.29) is 10.8 Å². The first-order chi connectivity index (χ1) is 4.21. The Morgan fingerprint density at radius 1 is 1.20 bits per heavy atom. The van der Waals surface area contributed by atoms with E-state index in [1.165, 1.54) is 0 Å². The van der Waals surface area contributed by atoms with E-state index in [1.54, 1.807) is 0 Å². The molecular weight excluding hydrogens is 118 g/mol. The Balaban J connectivity index is 2.78. The first-order valence-corrected chi connectivity index (χ1v) is 3.78. The van der Waals surface area contributed by atoms with Crippen LogP contribution in [0.5, 0.6) is 0 Å². The average Bonchev–Trinajstić information content (AvgIpc) is 2.05. The molecule has 0 N–H and O–H groups in total. The lowest BCUT2D eigenvalue weighted by molar-refractivity contribution is 0.232. The van der Waals surface area contributed by atoms with Gasteiger partial charge in [0.15, 0.2) is 0 Å². The van der Waals surface area contributed by atoms with Gasteiger partial charge >= 0.3 is 0 Å². The lowest BCUT2D eigenvalue weighted by Gasteiger charge is -2.31. The largest absolute Gasteiger partial charge is 0.0929 e. The Hall–Kier alpha value is 0.130. The van der Waals surface area contributed by atoms with Crippen molar-refractivity contribution >= 4 is 15.7 Å². The van der Waals surface area contributed by atoms with Gasteiger partial charge in [-0.3, -0.25) is 0 Å². The van der Waals surface area contributed by atoms with Crippen molar-refractivity contribution in [3.05, 3.63) is 0 Å². The summed E-state index contributed by atoms with van der Waals surface area (Å²) in [7, 11) is 11.6.